The highest BCUT2D eigenvalue weighted by Crippen LogP contribution is 2.44. The van der Waals surface area contributed by atoms with Crippen LogP contribution in [-0.4, -0.2) is 5.88 Å². The molecule has 1 saturated carbocycles. The van der Waals surface area contributed by atoms with Crippen molar-refractivity contribution < 1.29 is 0 Å². The van der Waals surface area contributed by atoms with Crippen LogP contribution < -0.4 is 0 Å². The summed E-state index contributed by atoms with van der Waals surface area (Å²) in [4.78, 5) is 1.53. The molecule has 0 amide bonds. The summed E-state index contributed by atoms with van der Waals surface area (Å²) >= 11 is 8.22. The Labute approximate surface area is 127 Å². The van der Waals surface area contributed by atoms with Crippen molar-refractivity contribution in [1.82, 2.24) is 0 Å². The van der Waals surface area contributed by atoms with Crippen LogP contribution in [-0.2, 0) is 6.42 Å². The van der Waals surface area contributed by atoms with Crippen LogP contribution in [0.5, 0.6) is 0 Å². The van der Waals surface area contributed by atoms with Gasteiger partial charge in [-0.1, -0.05) is 32.3 Å². The molecule has 0 aromatic carbocycles. The third kappa shape index (κ3) is 4.49. The number of rotatable bonds is 7. The molecule has 1 aliphatic rings. The van der Waals surface area contributed by atoms with Crippen LogP contribution in [0, 0.1) is 11.3 Å². The number of halogens is 1. The van der Waals surface area contributed by atoms with Crippen LogP contribution in [0.3, 0.4) is 0 Å². The lowest BCUT2D eigenvalue weighted by atomic mass is 9.68. The summed E-state index contributed by atoms with van der Waals surface area (Å²) in [6.45, 7) is 2.30. The minimum atomic E-state index is 0.439. The monoisotopic (exact) mass is 298 g/mol. The van der Waals surface area contributed by atoms with Crippen LogP contribution >= 0.6 is 22.9 Å². The molecule has 1 fully saturated rings. The number of hydrogen-bond donors (Lipinski definition) is 0. The van der Waals surface area contributed by atoms with Gasteiger partial charge in [0.25, 0.3) is 0 Å². The van der Waals surface area contributed by atoms with Gasteiger partial charge in [-0.25, -0.2) is 0 Å². The van der Waals surface area contributed by atoms with Crippen LogP contribution in [0.25, 0.3) is 0 Å². The second-order valence-corrected chi connectivity index (χ2v) is 7.60. The smallest absolute Gasteiger partial charge is 0.0280 e. The SMILES string of the molecule is CCCCC1CCC(CCl)(CCc2cccs2)CC1. The van der Waals surface area contributed by atoms with Crippen molar-refractivity contribution in [3.05, 3.63) is 22.4 Å². The maximum absolute atomic E-state index is 6.33. The molecule has 0 radical (unpaired) electrons. The fraction of sp³-hybridized carbons (Fsp3) is 0.765. The van der Waals surface area contributed by atoms with E-state index in [9.17, 15) is 0 Å². The average Bonchev–Trinajstić information content (AvgIpc) is 2.97. The zero-order chi connectivity index (χ0) is 13.6. The third-order valence-electron chi connectivity index (χ3n) is 4.90. The lowest BCUT2D eigenvalue weighted by Crippen LogP contribution is -2.30. The molecule has 108 valence electrons. The van der Waals surface area contributed by atoms with Crippen molar-refractivity contribution in [2.24, 2.45) is 11.3 Å². The number of aryl methyl sites for hydroxylation is 1. The molecule has 0 atom stereocenters. The first-order valence-corrected chi connectivity index (χ1v) is 9.28. The van der Waals surface area contributed by atoms with E-state index in [2.05, 4.69) is 24.4 Å². The molecule has 0 nitrogen and oxygen atoms in total. The van der Waals surface area contributed by atoms with Gasteiger partial charge in [-0.2, -0.15) is 0 Å². The molecule has 2 heteroatoms. The quantitative estimate of drug-likeness (QED) is 0.519. The fourth-order valence-corrected chi connectivity index (χ4v) is 4.47. The first kappa shape index (κ1) is 15.4. The Hall–Kier alpha value is -0.0100. The predicted molar refractivity (Wildman–Crippen MR) is 87.3 cm³/mol. The summed E-state index contributed by atoms with van der Waals surface area (Å²) in [6.07, 6.45) is 12.3. The van der Waals surface area contributed by atoms with E-state index >= 15 is 0 Å². The topological polar surface area (TPSA) is 0 Å². The molecular formula is C17H27ClS. The maximum Gasteiger partial charge on any atom is 0.0280 e. The van der Waals surface area contributed by atoms with Gasteiger partial charge in [-0.05, 0) is 61.3 Å². The van der Waals surface area contributed by atoms with Crippen LogP contribution in [0.2, 0.25) is 0 Å². The predicted octanol–water partition coefficient (Wildman–Crippen LogP) is 6.29. The molecule has 1 aromatic heterocycles. The van der Waals surface area contributed by atoms with Gasteiger partial charge in [0.2, 0.25) is 0 Å². The van der Waals surface area contributed by atoms with Crippen molar-refractivity contribution in [3.63, 3.8) is 0 Å². The number of hydrogen-bond acceptors (Lipinski definition) is 1. The maximum atomic E-state index is 6.33. The van der Waals surface area contributed by atoms with Gasteiger partial charge >= 0.3 is 0 Å². The van der Waals surface area contributed by atoms with Crippen LogP contribution in [0.4, 0.5) is 0 Å². The van der Waals surface area contributed by atoms with E-state index in [-0.39, 0.29) is 0 Å². The van der Waals surface area contributed by atoms with E-state index in [0.29, 0.717) is 5.41 Å². The van der Waals surface area contributed by atoms with Gasteiger partial charge in [-0.15, -0.1) is 22.9 Å². The Bertz CT molecular complexity index is 336. The highest BCUT2D eigenvalue weighted by molar-refractivity contribution is 7.09. The molecule has 0 bridgehead atoms. The highest BCUT2D eigenvalue weighted by Gasteiger charge is 2.34. The third-order valence-corrected chi connectivity index (χ3v) is 6.40. The van der Waals surface area contributed by atoms with Crippen molar-refractivity contribution in [2.75, 3.05) is 5.88 Å². The molecule has 0 N–H and O–H groups in total. The Balaban J connectivity index is 1.80. The van der Waals surface area contributed by atoms with Gasteiger partial charge in [-0.3, -0.25) is 0 Å². The number of thiophene rings is 1. The molecule has 0 saturated heterocycles. The Kier molecular flexibility index (Phi) is 6.22. The zero-order valence-electron chi connectivity index (χ0n) is 12.2. The summed E-state index contributed by atoms with van der Waals surface area (Å²) in [6, 6.07) is 4.43. The Morgan fingerprint density at radius 1 is 1.37 bits per heavy atom. The lowest BCUT2D eigenvalue weighted by Gasteiger charge is -2.39. The molecule has 19 heavy (non-hydrogen) atoms. The standard InChI is InChI=1S/C17H27ClS/c1-2-3-5-15-7-10-17(14-18,11-8-15)12-9-16-6-4-13-19-16/h4,6,13,15H,2-3,5,7-12,14H2,1H3. The van der Waals surface area contributed by atoms with Crippen molar-refractivity contribution in [3.8, 4) is 0 Å². The first-order chi connectivity index (χ1) is 9.28. The van der Waals surface area contributed by atoms with Crippen molar-refractivity contribution in [1.29, 1.82) is 0 Å². The molecule has 0 spiro atoms. The van der Waals surface area contributed by atoms with Gasteiger partial charge in [0.1, 0.15) is 0 Å². The van der Waals surface area contributed by atoms with Gasteiger partial charge < -0.3 is 0 Å². The van der Waals surface area contributed by atoms with Gasteiger partial charge in [0.05, 0.1) is 0 Å². The molecular weight excluding hydrogens is 272 g/mol. The Morgan fingerprint density at radius 3 is 2.74 bits per heavy atom. The zero-order valence-corrected chi connectivity index (χ0v) is 13.7. The van der Waals surface area contributed by atoms with E-state index < -0.39 is 0 Å². The second kappa shape index (κ2) is 7.69. The van der Waals surface area contributed by atoms with Gasteiger partial charge in [0, 0.05) is 10.8 Å². The normalized spacial score (nSPS) is 27.6. The summed E-state index contributed by atoms with van der Waals surface area (Å²) in [5, 5.41) is 2.18. The van der Waals surface area contributed by atoms with E-state index in [1.807, 2.05) is 11.3 Å². The van der Waals surface area contributed by atoms with E-state index in [4.69, 9.17) is 11.6 Å². The summed E-state index contributed by atoms with van der Waals surface area (Å²) in [5.74, 6) is 1.84. The minimum absolute atomic E-state index is 0.439. The molecule has 0 aliphatic heterocycles. The van der Waals surface area contributed by atoms with Crippen molar-refractivity contribution in [2.45, 2.75) is 64.7 Å². The molecule has 0 unspecified atom stereocenters. The number of alkyl halides is 1. The molecule has 1 aromatic rings. The summed E-state index contributed by atoms with van der Waals surface area (Å²) in [7, 11) is 0. The molecule has 1 heterocycles. The lowest BCUT2D eigenvalue weighted by molar-refractivity contribution is 0.155. The molecule has 1 aliphatic carbocycles. The van der Waals surface area contributed by atoms with Crippen molar-refractivity contribution >= 4 is 22.9 Å². The van der Waals surface area contributed by atoms with Gasteiger partial charge in [0.15, 0.2) is 0 Å². The first-order valence-electron chi connectivity index (χ1n) is 7.86. The Morgan fingerprint density at radius 2 is 2.16 bits per heavy atom. The summed E-state index contributed by atoms with van der Waals surface area (Å²) in [5.41, 5.74) is 0.439. The fourth-order valence-electron chi connectivity index (χ4n) is 3.37. The number of unbranched alkanes of at least 4 members (excludes halogenated alkanes) is 1. The summed E-state index contributed by atoms with van der Waals surface area (Å²) < 4.78 is 0. The van der Waals surface area contributed by atoms with Crippen LogP contribution in [0.1, 0.15) is 63.2 Å². The second-order valence-electron chi connectivity index (χ2n) is 6.30. The van der Waals surface area contributed by atoms with E-state index in [1.54, 1.807) is 0 Å². The minimum Gasteiger partial charge on any atom is -0.149 e. The average molecular weight is 299 g/mol. The molecule has 2 rings (SSSR count). The van der Waals surface area contributed by atoms with Crippen LogP contribution in [0.15, 0.2) is 17.5 Å². The highest BCUT2D eigenvalue weighted by atomic mass is 35.5. The van der Waals surface area contributed by atoms with E-state index in [0.717, 1.165) is 11.8 Å². The largest absolute Gasteiger partial charge is 0.149 e. The van der Waals surface area contributed by atoms with E-state index in [1.165, 1.54) is 62.7 Å².